The first kappa shape index (κ1) is 19.5. The average Bonchev–Trinajstić information content (AvgIpc) is 3.17. The molecule has 3 heterocycles. The minimum Gasteiger partial charge on any atom is -0.363 e. The van der Waals surface area contributed by atoms with Gasteiger partial charge in [-0.05, 0) is 32.7 Å². The van der Waals surface area contributed by atoms with E-state index in [1.807, 2.05) is 32.1 Å². The van der Waals surface area contributed by atoms with Gasteiger partial charge in [-0.15, -0.1) is 0 Å². The summed E-state index contributed by atoms with van der Waals surface area (Å²) in [5.41, 5.74) is 0.931. The quantitative estimate of drug-likeness (QED) is 0.783. The summed E-state index contributed by atoms with van der Waals surface area (Å²) < 4.78 is 29.1. The zero-order chi connectivity index (χ0) is 18.7. The molecule has 8 nitrogen and oxygen atoms in total. The van der Waals surface area contributed by atoms with Gasteiger partial charge in [0.1, 0.15) is 11.6 Å². The van der Waals surface area contributed by atoms with Crippen LogP contribution in [0.1, 0.15) is 43.1 Å². The van der Waals surface area contributed by atoms with Crippen molar-refractivity contribution in [2.24, 2.45) is 0 Å². The SMILES string of the molecule is CNCc1cc(N(C)C)nc([C@H]2CCCN(S(=O)(=O)N3CCCC3)C2)n1. The van der Waals surface area contributed by atoms with Crippen LogP contribution in [0.25, 0.3) is 0 Å². The highest BCUT2D eigenvalue weighted by Gasteiger charge is 2.36. The molecule has 3 rings (SSSR count). The molecule has 2 aliphatic heterocycles. The molecule has 0 radical (unpaired) electrons. The summed E-state index contributed by atoms with van der Waals surface area (Å²) in [6.45, 7) is 3.00. The van der Waals surface area contributed by atoms with Crippen molar-refractivity contribution >= 4 is 16.0 Å². The topological polar surface area (TPSA) is 81.7 Å². The lowest BCUT2D eigenvalue weighted by atomic mass is 9.98. The Bertz CT molecular complexity index is 718. The number of anilines is 1. The molecule has 146 valence electrons. The summed E-state index contributed by atoms with van der Waals surface area (Å²) in [6, 6.07) is 1.97. The second-order valence-electron chi connectivity index (χ2n) is 7.31. The van der Waals surface area contributed by atoms with E-state index >= 15 is 0 Å². The number of hydrogen-bond donors (Lipinski definition) is 1. The summed E-state index contributed by atoms with van der Waals surface area (Å²) in [5, 5.41) is 3.13. The van der Waals surface area contributed by atoms with E-state index in [4.69, 9.17) is 9.97 Å². The Morgan fingerprint density at radius 1 is 1.15 bits per heavy atom. The fourth-order valence-electron chi connectivity index (χ4n) is 3.63. The van der Waals surface area contributed by atoms with Gasteiger partial charge < -0.3 is 10.2 Å². The van der Waals surface area contributed by atoms with Gasteiger partial charge >= 0.3 is 0 Å². The Balaban J connectivity index is 1.82. The van der Waals surface area contributed by atoms with Gasteiger partial charge in [0.25, 0.3) is 10.2 Å². The molecule has 0 saturated carbocycles. The Hall–Kier alpha value is -1.29. The monoisotopic (exact) mass is 382 g/mol. The van der Waals surface area contributed by atoms with Crippen molar-refractivity contribution in [3.05, 3.63) is 17.6 Å². The average molecular weight is 383 g/mol. The molecule has 9 heteroatoms. The van der Waals surface area contributed by atoms with E-state index in [-0.39, 0.29) is 5.92 Å². The summed E-state index contributed by atoms with van der Waals surface area (Å²) >= 11 is 0. The van der Waals surface area contributed by atoms with Gasteiger partial charge in [0, 0.05) is 58.8 Å². The van der Waals surface area contributed by atoms with Crippen LogP contribution >= 0.6 is 0 Å². The Morgan fingerprint density at radius 2 is 1.85 bits per heavy atom. The minimum atomic E-state index is -3.36. The third kappa shape index (κ3) is 4.16. The van der Waals surface area contributed by atoms with Crippen LogP contribution in [0.5, 0.6) is 0 Å². The first-order chi connectivity index (χ1) is 12.4. The number of aromatic nitrogens is 2. The number of piperidine rings is 1. The molecule has 0 bridgehead atoms. The first-order valence-electron chi connectivity index (χ1n) is 9.37. The molecule has 0 unspecified atom stereocenters. The second-order valence-corrected chi connectivity index (χ2v) is 9.24. The normalized spacial score (nSPS) is 22.7. The van der Waals surface area contributed by atoms with Crippen LogP contribution in [0.15, 0.2) is 6.07 Å². The van der Waals surface area contributed by atoms with Gasteiger partial charge in [0.05, 0.1) is 5.69 Å². The number of nitrogens with one attached hydrogen (secondary N) is 1. The van der Waals surface area contributed by atoms with Gasteiger partial charge in [-0.2, -0.15) is 17.0 Å². The lowest BCUT2D eigenvalue weighted by Gasteiger charge is -2.34. The predicted molar refractivity (Wildman–Crippen MR) is 102 cm³/mol. The van der Waals surface area contributed by atoms with E-state index in [0.29, 0.717) is 32.7 Å². The van der Waals surface area contributed by atoms with Gasteiger partial charge in [-0.3, -0.25) is 0 Å². The molecular weight excluding hydrogens is 352 g/mol. The van der Waals surface area contributed by atoms with Crippen molar-refractivity contribution in [2.75, 3.05) is 52.2 Å². The van der Waals surface area contributed by atoms with Crippen LogP contribution in [-0.2, 0) is 16.8 Å². The Labute approximate surface area is 156 Å². The minimum absolute atomic E-state index is 0.0386. The van der Waals surface area contributed by atoms with Gasteiger partial charge in [0.15, 0.2) is 0 Å². The number of nitrogens with zero attached hydrogens (tertiary/aromatic N) is 5. The molecule has 2 fully saturated rings. The van der Waals surface area contributed by atoms with E-state index < -0.39 is 10.2 Å². The fraction of sp³-hybridized carbons (Fsp3) is 0.765. The number of rotatable bonds is 6. The third-order valence-corrected chi connectivity index (χ3v) is 7.07. The van der Waals surface area contributed by atoms with Crippen molar-refractivity contribution < 1.29 is 8.42 Å². The van der Waals surface area contributed by atoms with E-state index in [2.05, 4.69) is 5.32 Å². The van der Waals surface area contributed by atoms with Crippen LogP contribution in [0.3, 0.4) is 0 Å². The number of hydrogen-bond acceptors (Lipinski definition) is 6. The van der Waals surface area contributed by atoms with Crippen LogP contribution in [0, 0.1) is 0 Å². The standard InChI is InChI=1S/C17H30N6O2S/c1-18-12-15-11-16(21(2)3)20-17(19-15)14-7-6-10-23(13-14)26(24,25)22-8-4-5-9-22/h11,14,18H,4-10,12-13H2,1-3H3/t14-/m0/s1. The van der Waals surface area contributed by atoms with Gasteiger partial charge in [-0.1, -0.05) is 0 Å². The molecule has 2 aliphatic rings. The first-order valence-corrected chi connectivity index (χ1v) is 10.8. The highest BCUT2D eigenvalue weighted by atomic mass is 32.2. The molecule has 0 amide bonds. The lowest BCUT2D eigenvalue weighted by Crippen LogP contribution is -2.46. The van der Waals surface area contributed by atoms with Crippen molar-refractivity contribution in [3.8, 4) is 0 Å². The largest absolute Gasteiger partial charge is 0.363 e. The summed E-state index contributed by atoms with van der Waals surface area (Å²) in [6.07, 6.45) is 3.67. The van der Waals surface area contributed by atoms with Gasteiger partial charge in [0.2, 0.25) is 0 Å². The van der Waals surface area contributed by atoms with Crippen LogP contribution in [0.4, 0.5) is 5.82 Å². The predicted octanol–water partition coefficient (Wildman–Crippen LogP) is 0.782. The van der Waals surface area contributed by atoms with Crippen molar-refractivity contribution in [1.82, 2.24) is 23.9 Å². The highest BCUT2D eigenvalue weighted by Crippen LogP contribution is 2.29. The second kappa shape index (κ2) is 8.16. The van der Waals surface area contributed by atoms with E-state index in [0.717, 1.165) is 43.0 Å². The summed E-state index contributed by atoms with van der Waals surface area (Å²) in [5.74, 6) is 1.65. The zero-order valence-electron chi connectivity index (χ0n) is 16.0. The summed E-state index contributed by atoms with van der Waals surface area (Å²) in [4.78, 5) is 11.4. The smallest absolute Gasteiger partial charge is 0.281 e. The van der Waals surface area contributed by atoms with Crippen LogP contribution in [-0.4, -0.2) is 74.3 Å². The van der Waals surface area contributed by atoms with Crippen molar-refractivity contribution in [1.29, 1.82) is 0 Å². The Kier molecular flexibility index (Phi) is 6.11. The van der Waals surface area contributed by atoms with Crippen LogP contribution in [0.2, 0.25) is 0 Å². The molecule has 2 saturated heterocycles. The highest BCUT2D eigenvalue weighted by molar-refractivity contribution is 7.86. The molecule has 1 N–H and O–H groups in total. The molecule has 0 spiro atoms. The fourth-order valence-corrected chi connectivity index (χ4v) is 5.41. The maximum Gasteiger partial charge on any atom is 0.281 e. The van der Waals surface area contributed by atoms with E-state index in [9.17, 15) is 8.42 Å². The molecule has 0 aliphatic carbocycles. The zero-order valence-corrected chi connectivity index (χ0v) is 16.8. The molecule has 0 aromatic carbocycles. The third-order valence-electron chi connectivity index (χ3n) is 5.07. The summed E-state index contributed by atoms with van der Waals surface area (Å²) in [7, 11) is 2.45. The van der Waals surface area contributed by atoms with Crippen molar-refractivity contribution in [3.63, 3.8) is 0 Å². The maximum absolute atomic E-state index is 12.9. The molecular formula is C17H30N6O2S. The molecule has 1 aromatic heterocycles. The lowest BCUT2D eigenvalue weighted by molar-refractivity contribution is 0.287. The molecule has 1 aromatic rings. The Morgan fingerprint density at radius 3 is 2.50 bits per heavy atom. The van der Waals surface area contributed by atoms with E-state index in [1.165, 1.54) is 0 Å². The van der Waals surface area contributed by atoms with E-state index in [1.54, 1.807) is 8.61 Å². The van der Waals surface area contributed by atoms with Gasteiger partial charge in [-0.25, -0.2) is 9.97 Å². The molecule has 26 heavy (non-hydrogen) atoms. The van der Waals surface area contributed by atoms with Crippen molar-refractivity contribution in [2.45, 2.75) is 38.1 Å². The van der Waals surface area contributed by atoms with Crippen LogP contribution < -0.4 is 10.2 Å². The maximum atomic E-state index is 12.9. The molecule has 1 atom stereocenters.